The Kier molecular flexibility index (Phi) is 5.17. The first-order valence-corrected chi connectivity index (χ1v) is 7.76. The van der Waals surface area contributed by atoms with Gasteiger partial charge in [-0.15, -0.1) is 0 Å². The van der Waals surface area contributed by atoms with Crippen molar-refractivity contribution in [1.82, 2.24) is 10.3 Å². The number of aromatic nitrogens is 1. The maximum atomic E-state index is 12.4. The highest BCUT2D eigenvalue weighted by Crippen LogP contribution is 2.42. The molecule has 0 aliphatic heterocycles. The van der Waals surface area contributed by atoms with Gasteiger partial charge < -0.3 is 10.7 Å². The number of anilines is 1. The summed E-state index contributed by atoms with van der Waals surface area (Å²) in [7, 11) is 0. The van der Waals surface area contributed by atoms with Gasteiger partial charge in [0.25, 0.3) is 5.91 Å². The molecule has 21 heavy (non-hydrogen) atoms. The zero-order chi connectivity index (χ0) is 15.3. The monoisotopic (exact) mass is 290 g/mol. The van der Waals surface area contributed by atoms with Crippen LogP contribution in [0.2, 0.25) is 0 Å². The molecule has 0 aromatic carbocycles. The Morgan fingerprint density at radius 3 is 2.76 bits per heavy atom. The van der Waals surface area contributed by atoms with Crippen LogP contribution in [0, 0.1) is 11.3 Å². The number of rotatable bonds is 6. The second-order valence-electron chi connectivity index (χ2n) is 6.53. The molecular weight excluding hydrogens is 264 g/mol. The van der Waals surface area contributed by atoms with E-state index >= 15 is 0 Å². The molecule has 1 aliphatic rings. The first-order chi connectivity index (χ1) is 10.1. The molecule has 1 amide bonds. The van der Waals surface area contributed by atoms with Crippen molar-refractivity contribution < 1.29 is 4.79 Å². The van der Waals surface area contributed by atoms with Crippen molar-refractivity contribution in [2.24, 2.45) is 17.2 Å². The van der Waals surface area contributed by atoms with E-state index in [2.05, 4.69) is 29.6 Å². The number of carbonyl (C=O) groups excluding carboxylic acids is 1. The minimum absolute atomic E-state index is 0.105. The minimum atomic E-state index is -0.105. The maximum absolute atomic E-state index is 12.4. The molecular formula is C16H26N4O. The van der Waals surface area contributed by atoms with Crippen LogP contribution in [0.5, 0.6) is 0 Å². The Morgan fingerprint density at radius 2 is 2.14 bits per heavy atom. The van der Waals surface area contributed by atoms with E-state index < -0.39 is 0 Å². The molecule has 4 N–H and O–H groups in total. The number of nitrogen functional groups attached to an aromatic ring is 1. The third kappa shape index (κ3) is 3.94. The highest BCUT2D eigenvalue weighted by atomic mass is 16.1. The predicted molar refractivity (Wildman–Crippen MR) is 84.7 cm³/mol. The van der Waals surface area contributed by atoms with E-state index in [0.717, 1.165) is 6.54 Å². The molecule has 0 atom stereocenters. The van der Waals surface area contributed by atoms with Crippen molar-refractivity contribution in [2.45, 2.75) is 46.0 Å². The summed E-state index contributed by atoms with van der Waals surface area (Å²) < 4.78 is 0. The van der Waals surface area contributed by atoms with Gasteiger partial charge >= 0.3 is 0 Å². The zero-order valence-electron chi connectivity index (χ0n) is 13.0. The third-order valence-corrected chi connectivity index (χ3v) is 4.32. The molecule has 0 saturated heterocycles. The van der Waals surface area contributed by atoms with Gasteiger partial charge in [-0.25, -0.2) is 10.8 Å². The summed E-state index contributed by atoms with van der Waals surface area (Å²) in [5.74, 6) is 6.37. The number of hydrogen-bond acceptors (Lipinski definition) is 4. The highest BCUT2D eigenvalue weighted by Gasteiger charge is 2.34. The molecule has 1 saturated carbocycles. The van der Waals surface area contributed by atoms with Crippen LogP contribution in [0.25, 0.3) is 0 Å². The van der Waals surface area contributed by atoms with Crippen molar-refractivity contribution in [3.63, 3.8) is 0 Å². The lowest BCUT2D eigenvalue weighted by atomic mass is 9.78. The molecule has 1 aliphatic carbocycles. The van der Waals surface area contributed by atoms with Gasteiger partial charge in [-0.2, -0.15) is 0 Å². The predicted octanol–water partition coefficient (Wildman–Crippen LogP) is 2.70. The molecule has 1 aromatic heterocycles. The van der Waals surface area contributed by atoms with Crippen LogP contribution in [-0.2, 0) is 0 Å². The molecule has 0 unspecified atom stereocenters. The maximum Gasteiger partial charge on any atom is 0.255 e. The number of nitrogens with two attached hydrogens (primary N) is 1. The Balaban J connectivity index is 2.02. The smallest absolute Gasteiger partial charge is 0.255 e. The molecule has 5 heteroatoms. The number of pyridine rings is 1. The fraction of sp³-hybridized carbons (Fsp3) is 0.625. The lowest BCUT2D eigenvalue weighted by Gasteiger charge is -2.31. The van der Waals surface area contributed by atoms with Gasteiger partial charge in [0.15, 0.2) is 5.82 Å². The SMILES string of the molecule is CC(C)CC1(CNC(=O)c2cccnc2NN)CCCC1. The van der Waals surface area contributed by atoms with Crippen LogP contribution in [-0.4, -0.2) is 17.4 Å². The Bertz CT molecular complexity index is 481. The summed E-state index contributed by atoms with van der Waals surface area (Å²) in [4.78, 5) is 16.4. The normalized spacial score (nSPS) is 17.0. The summed E-state index contributed by atoms with van der Waals surface area (Å²) in [6.07, 6.45) is 7.74. The minimum Gasteiger partial charge on any atom is -0.351 e. The largest absolute Gasteiger partial charge is 0.351 e. The zero-order valence-corrected chi connectivity index (χ0v) is 13.0. The Labute approximate surface area is 126 Å². The second kappa shape index (κ2) is 6.89. The topological polar surface area (TPSA) is 80.0 Å². The van der Waals surface area contributed by atoms with E-state index in [-0.39, 0.29) is 11.3 Å². The number of amides is 1. The number of nitrogens with zero attached hydrogens (tertiary/aromatic N) is 1. The molecule has 116 valence electrons. The number of carbonyl (C=O) groups is 1. The fourth-order valence-corrected chi connectivity index (χ4v) is 3.51. The standard InChI is InChI=1S/C16H26N4O/c1-12(2)10-16(7-3-4-8-16)11-19-15(21)13-6-5-9-18-14(13)20-17/h5-6,9,12H,3-4,7-8,10-11,17H2,1-2H3,(H,18,20)(H,19,21). The fourth-order valence-electron chi connectivity index (χ4n) is 3.51. The van der Waals surface area contributed by atoms with Gasteiger partial charge in [0, 0.05) is 12.7 Å². The second-order valence-corrected chi connectivity index (χ2v) is 6.53. The average molecular weight is 290 g/mol. The number of nitrogens with one attached hydrogen (secondary N) is 2. The summed E-state index contributed by atoms with van der Waals surface area (Å²) >= 11 is 0. The average Bonchev–Trinajstić information content (AvgIpc) is 2.92. The van der Waals surface area contributed by atoms with Gasteiger partial charge in [-0.1, -0.05) is 26.7 Å². The van der Waals surface area contributed by atoms with Crippen molar-refractivity contribution in [3.8, 4) is 0 Å². The van der Waals surface area contributed by atoms with E-state index in [0.29, 0.717) is 17.3 Å². The molecule has 0 bridgehead atoms. The molecule has 1 heterocycles. The molecule has 2 rings (SSSR count). The van der Waals surface area contributed by atoms with Crippen LogP contribution >= 0.6 is 0 Å². The van der Waals surface area contributed by atoms with Gasteiger partial charge in [0.1, 0.15) is 0 Å². The van der Waals surface area contributed by atoms with Crippen molar-refractivity contribution in [3.05, 3.63) is 23.9 Å². The van der Waals surface area contributed by atoms with E-state index in [4.69, 9.17) is 5.84 Å². The first kappa shape index (κ1) is 15.8. The van der Waals surface area contributed by atoms with Crippen LogP contribution < -0.4 is 16.6 Å². The molecule has 1 fully saturated rings. The van der Waals surface area contributed by atoms with Gasteiger partial charge in [-0.3, -0.25) is 4.79 Å². The Morgan fingerprint density at radius 1 is 1.43 bits per heavy atom. The summed E-state index contributed by atoms with van der Waals surface area (Å²) in [6, 6.07) is 3.48. The molecule has 0 radical (unpaired) electrons. The van der Waals surface area contributed by atoms with Gasteiger partial charge in [0.05, 0.1) is 5.56 Å². The number of hydrogen-bond donors (Lipinski definition) is 3. The number of hydrazine groups is 1. The van der Waals surface area contributed by atoms with Gasteiger partial charge in [-0.05, 0) is 42.7 Å². The van der Waals surface area contributed by atoms with Crippen molar-refractivity contribution in [1.29, 1.82) is 0 Å². The molecule has 5 nitrogen and oxygen atoms in total. The first-order valence-electron chi connectivity index (χ1n) is 7.76. The molecule has 1 aromatic rings. The van der Waals surface area contributed by atoms with Gasteiger partial charge in [0.2, 0.25) is 0 Å². The van der Waals surface area contributed by atoms with Crippen LogP contribution in [0.1, 0.15) is 56.3 Å². The highest BCUT2D eigenvalue weighted by molar-refractivity contribution is 5.98. The van der Waals surface area contributed by atoms with E-state index in [1.807, 2.05) is 0 Å². The Hall–Kier alpha value is -1.62. The quantitative estimate of drug-likeness (QED) is 0.556. The van der Waals surface area contributed by atoms with E-state index in [1.54, 1.807) is 18.3 Å². The van der Waals surface area contributed by atoms with Crippen molar-refractivity contribution in [2.75, 3.05) is 12.0 Å². The lowest BCUT2D eigenvalue weighted by Crippen LogP contribution is -2.37. The third-order valence-electron chi connectivity index (χ3n) is 4.32. The van der Waals surface area contributed by atoms with E-state index in [9.17, 15) is 4.79 Å². The van der Waals surface area contributed by atoms with Crippen LogP contribution in [0.15, 0.2) is 18.3 Å². The summed E-state index contributed by atoms with van der Waals surface area (Å²) in [5.41, 5.74) is 3.24. The molecule has 0 spiro atoms. The van der Waals surface area contributed by atoms with E-state index in [1.165, 1.54) is 32.1 Å². The lowest BCUT2D eigenvalue weighted by molar-refractivity contribution is 0.0922. The summed E-state index contributed by atoms with van der Waals surface area (Å²) in [6.45, 7) is 5.24. The van der Waals surface area contributed by atoms with Crippen LogP contribution in [0.3, 0.4) is 0 Å². The van der Waals surface area contributed by atoms with Crippen molar-refractivity contribution >= 4 is 11.7 Å². The summed E-state index contributed by atoms with van der Waals surface area (Å²) in [5, 5.41) is 3.09. The van der Waals surface area contributed by atoms with Crippen LogP contribution in [0.4, 0.5) is 5.82 Å².